The second-order valence-corrected chi connectivity index (χ2v) is 13.5. The van der Waals surface area contributed by atoms with Gasteiger partial charge >= 0.3 is 5.97 Å². The summed E-state index contributed by atoms with van der Waals surface area (Å²) in [5, 5.41) is 14.1. The zero-order chi connectivity index (χ0) is 30.1. The van der Waals surface area contributed by atoms with Crippen LogP contribution in [0.2, 0.25) is 0 Å². The molecule has 0 radical (unpaired) electrons. The number of aromatic nitrogens is 4. The van der Waals surface area contributed by atoms with E-state index in [0.29, 0.717) is 37.6 Å². The van der Waals surface area contributed by atoms with Crippen LogP contribution < -0.4 is 9.80 Å². The van der Waals surface area contributed by atoms with Crippen LogP contribution in [0.5, 0.6) is 0 Å². The molecular formula is C33H37N7O3. The molecule has 0 bridgehead atoms. The van der Waals surface area contributed by atoms with Crippen LogP contribution in [0, 0.1) is 17.8 Å². The smallest absolute Gasteiger partial charge is 0.354 e. The van der Waals surface area contributed by atoms with Crippen molar-refractivity contribution in [1.29, 1.82) is 0 Å². The average Bonchev–Trinajstić information content (AvgIpc) is 3.72. The number of likely N-dealkylation sites (tertiary alicyclic amines) is 1. The summed E-state index contributed by atoms with van der Waals surface area (Å²) < 4.78 is 1.76. The summed E-state index contributed by atoms with van der Waals surface area (Å²) in [4.78, 5) is 40.7. The molecule has 3 fully saturated rings. The second-order valence-electron chi connectivity index (χ2n) is 13.5. The molecule has 10 heteroatoms. The zero-order valence-electron chi connectivity index (χ0n) is 25.1. The number of hydrogen-bond acceptors (Lipinski definition) is 7. The number of benzene rings is 1. The van der Waals surface area contributed by atoms with Gasteiger partial charge in [-0.25, -0.2) is 19.3 Å². The molecule has 1 N–H and O–H groups in total. The van der Waals surface area contributed by atoms with Crippen molar-refractivity contribution >= 4 is 29.0 Å². The Morgan fingerprint density at radius 1 is 0.860 bits per heavy atom. The second kappa shape index (κ2) is 9.52. The SMILES string of the molecule is Cc1cc(N2CC[C@](C)(c3ccccc3)C2)cn2nc(C(=O)N3C[C@@]4(C)CN(c5cccc(C(=O)O)n5)C[C@@]4(C)C3)nc12. The highest BCUT2D eigenvalue weighted by atomic mass is 16.4. The maximum atomic E-state index is 13.8. The molecule has 0 saturated carbocycles. The Hall–Kier alpha value is -4.47. The van der Waals surface area contributed by atoms with Crippen molar-refractivity contribution in [1.82, 2.24) is 24.5 Å². The number of aromatic carboxylic acids is 1. The van der Waals surface area contributed by atoms with Crippen LogP contribution >= 0.6 is 0 Å². The molecule has 3 aromatic heterocycles. The molecule has 0 aliphatic carbocycles. The molecule has 222 valence electrons. The number of nitrogens with zero attached hydrogens (tertiary/aromatic N) is 7. The third-order valence-corrected chi connectivity index (χ3v) is 10.3. The van der Waals surface area contributed by atoms with Gasteiger partial charge in [0.15, 0.2) is 11.3 Å². The minimum atomic E-state index is -1.04. The minimum Gasteiger partial charge on any atom is -0.477 e. The van der Waals surface area contributed by atoms with E-state index < -0.39 is 5.97 Å². The molecule has 3 atom stereocenters. The van der Waals surface area contributed by atoms with Gasteiger partial charge in [-0.2, -0.15) is 0 Å². The first kappa shape index (κ1) is 27.4. The molecule has 7 rings (SSSR count). The first-order valence-corrected chi connectivity index (χ1v) is 14.9. The number of rotatable bonds is 5. The van der Waals surface area contributed by atoms with E-state index in [9.17, 15) is 14.7 Å². The fourth-order valence-electron chi connectivity index (χ4n) is 7.48. The lowest BCUT2D eigenvalue weighted by molar-refractivity contribution is 0.0689. The van der Waals surface area contributed by atoms with Crippen LogP contribution in [0.3, 0.4) is 0 Å². The predicted octanol–water partition coefficient (Wildman–Crippen LogP) is 4.29. The van der Waals surface area contributed by atoms with Crippen molar-refractivity contribution in [3.05, 3.63) is 83.4 Å². The van der Waals surface area contributed by atoms with Crippen LogP contribution in [0.1, 0.15) is 59.4 Å². The fourth-order valence-corrected chi connectivity index (χ4v) is 7.48. The van der Waals surface area contributed by atoms with Gasteiger partial charge in [0.25, 0.3) is 5.91 Å². The van der Waals surface area contributed by atoms with E-state index in [-0.39, 0.29) is 33.7 Å². The van der Waals surface area contributed by atoms with Gasteiger partial charge in [0.1, 0.15) is 5.82 Å². The van der Waals surface area contributed by atoms with Crippen LogP contribution in [0.4, 0.5) is 11.5 Å². The summed E-state index contributed by atoms with van der Waals surface area (Å²) in [5.41, 5.74) is 3.87. The third kappa shape index (κ3) is 4.42. The van der Waals surface area contributed by atoms with Gasteiger partial charge < -0.3 is 19.8 Å². The minimum absolute atomic E-state index is 0.0352. The van der Waals surface area contributed by atoms with Crippen LogP contribution in [-0.2, 0) is 5.41 Å². The number of carboxylic acid groups (broad SMARTS) is 1. The molecule has 0 unspecified atom stereocenters. The Kier molecular flexibility index (Phi) is 6.06. The molecule has 1 amide bonds. The number of pyridine rings is 2. The average molecular weight is 580 g/mol. The summed E-state index contributed by atoms with van der Waals surface area (Å²) in [5.74, 6) is -0.318. The largest absolute Gasteiger partial charge is 0.477 e. The van der Waals surface area contributed by atoms with E-state index in [0.717, 1.165) is 30.8 Å². The molecular weight excluding hydrogens is 542 g/mol. The van der Waals surface area contributed by atoms with Crippen molar-refractivity contribution in [2.24, 2.45) is 10.8 Å². The highest BCUT2D eigenvalue weighted by Gasteiger charge is 2.59. The normalized spacial score (nSPS) is 26.8. The Bertz CT molecular complexity index is 1740. The van der Waals surface area contributed by atoms with Gasteiger partial charge in [-0.1, -0.05) is 57.2 Å². The van der Waals surface area contributed by atoms with Gasteiger partial charge in [0.05, 0.1) is 11.9 Å². The number of fused-ring (bicyclic) bond motifs is 2. The van der Waals surface area contributed by atoms with Crippen LogP contribution in [-0.4, -0.2) is 80.7 Å². The number of anilines is 2. The Labute approximate surface area is 251 Å². The lowest BCUT2D eigenvalue weighted by Gasteiger charge is -2.29. The van der Waals surface area contributed by atoms with Gasteiger partial charge in [0, 0.05) is 55.5 Å². The number of carbonyl (C=O) groups excluding carboxylic acids is 1. The predicted molar refractivity (Wildman–Crippen MR) is 164 cm³/mol. The Balaban J connectivity index is 1.09. The Morgan fingerprint density at radius 3 is 2.28 bits per heavy atom. The molecule has 3 aliphatic heterocycles. The van der Waals surface area contributed by atoms with Gasteiger partial charge in [-0.15, -0.1) is 5.10 Å². The molecule has 1 aromatic carbocycles. The first-order valence-electron chi connectivity index (χ1n) is 14.9. The van der Waals surface area contributed by atoms with Crippen molar-refractivity contribution in [2.75, 3.05) is 49.1 Å². The number of hydrogen-bond donors (Lipinski definition) is 1. The highest BCUT2D eigenvalue weighted by Crippen LogP contribution is 2.52. The standard InChI is InChI=1S/C33H37N7O3/c1-22-15-24(37-14-13-31(2,17-37)23-9-6-5-7-10-23)16-40-28(22)35-27(36-40)29(41)39-20-32(3)18-38(19-33(32,4)21-39)26-12-8-11-25(34-26)30(42)43/h5-12,15-16H,13-14,17-21H2,1-4H3,(H,42,43)/t31-,32-,33+/m0/s1. The Morgan fingerprint density at radius 2 is 1.58 bits per heavy atom. The molecule has 10 nitrogen and oxygen atoms in total. The van der Waals surface area contributed by atoms with E-state index in [1.807, 2.05) is 24.1 Å². The van der Waals surface area contributed by atoms with E-state index in [2.05, 4.69) is 77.1 Å². The fraction of sp³-hybridized carbons (Fsp3) is 0.424. The summed E-state index contributed by atoms with van der Waals surface area (Å²) >= 11 is 0. The lowest BCUT2D eigenvalue weighted by atomic mass is 9.71. The van der Waals surface area contributed by atoms with Crippen LogP contribution in [0.15, 0.2) is 60.8 Å². The monoisotopic (exact) mass is 579 g/mol. The lowest BCUT2D eigenvalue weighted by Crippen LogP contribution is -2.36. The summed E-state index contributed by atoms with van der Waals surface area (Å²) in [7, 11) is 0. The van der Waals surface area contributed by atoms with Crippen molar-refractivity contribution in [3.8, 4) is 0 Å². The zero-order valence-corrected chi connectivity index (χ0v) is 25.1. The molecule has 43 heavy (non-hydrogen) atoms. The summed E-state index contributed by atoms with van der Waals surface area (Å²) in [6.07, 6.45) is 3.07. The van der Waals surface area contributed by atoms with Gasteiger partial charge in [-0.3, -0.25) is 4.79 Å². The van der Waals surface area contributed by atoms with E-state index in [4.69, 9.17) is 4.98 Å². The van der Waals surface area contributed by atoms with E-state index >= 15 is 0 Å². The quantitative estimate of drug-likeness (QED) is 0.373. The van der Waals surface area contributed by atoms with E-state index in [1.165, 1.54) is 11.6 Å². The molecule has 3 saturated heterocycles. The molecule has 4 aromatic rings. The topological polar surface area (TPSA) is 107 Å². The van der Waals surface area contributed by atoms with Crippen molar-refractivity contribution in [3.63, 3.8) is 0 Å². The maximum absolute atomic E-state index is 13.8. The van der Waals surface area contributed by atoms with Crippen LogP contribution in [0.25, 0.3) is 5.65 Å². The van der Waals surface area contributed by atoms with Gasteiger partial charge in [0.2, 0.25) is 5.82 Å². The molecule has 6 heterocycles. The highest BCUT2D eigenvalue weighted by molar-refractivity contribution is 5.91. The molecule has 3 aliphatic rings. The number of aryl methyl sites for hydroxylation is 1. The van der Waals surface area contributed by atoms with E-state index in [1.54, 1.807) is 10.6 Å². The molecule has 0 spiro atoms. The summed E-state index contributed by atoms with van der Waals surface area (Å²) in [6, 6.07) is 17.9. The van der Waals surface area contributed by atoms with Gasteiger partial charge in [-0.05, 0) is 42.7 Å². The number of amides is 1. The number of carboxylic acids is 1. The van der Waals surface area contributed by atoms with Crippen molar-refractivity contribution in [2.45, 2.75) is 39.5 Å². The maximum Gasteiger partial charge on any atom is 0.354 e. The summed E-state index contributed by atoms with van der Waals surface area (Å²) in [6.45, 7) is 13.1. The van der Waals surface area contributed by atoms with Crippen molar-refractivity contribution < 1.29 is 14.7 Å². The number of carbonyl (C=O) groups is 2. The first-order chi connectivity index (χ1) is 20.5. The third-order valence-electron chi connectivity index (χ3n) is 10.3.